The number of hydrogen-bond donors (Lipinski definition) is 0. The number of furan rings is 1. The maximum atomic E-state index is 12.7. The van der Waals surface area contributed by atoms with Crippen LogP contribution in [0.25, 0.3) is 0 Å². The highest BCUT2D eigenvalue weighted by Crippen LogP contribution is 2.22. The third-order valence-electron chi connectivity index (χ3n) is 4.67. The molecule has 0 unspecified atom stereocenters. The summed E-state index contributed by atoms with van der Waals surface area (Å²) in [6, 6.07) is 2.53. The number of sulfonamides is 1. The minimum Gasteiger partial charge on any atom is -0.460 e. The van der Waals surface area contributed by atoms with Crippen molar-refractivity contribution in [3.63, 3.8) is 0 Å². The molecule has 0 aliphatic carbocycles. The van der Waals surface area contributed by atoms with Crippen LogP contribution in [-0.4, -0.2) is 75.0 Å². The molecule has 1 aromatic rings. The second-order valence-electron chi connectivity index (χ2n) is 6.46. The Morgan fingerprint density at radius 3 is 2.59 bits per heavy atom. The second-order valence-corrected chi connectivity index (χ2v) is 8.33. The molecule has 0 radical (unpaired) electrons. The van der Waals surface area contributed by atoms with Gasteiger partial charge in [-0.25, -0.2) is 13.2 Å². The lowest BCUT2D eigenvalue weighted by Gasteiger charge is -2.33. The molecule has 0 N–H and O–H groups in total. The van der Waals surface area contributed by atoms with Gasteiger partial charge in [0.05, 0.1) is 19.1 Å². The van der Waals surface area contributed by atoms with E-state index in [1.807, 2.05) is 0 Å². The molecule has 0 aromatic carbocycles. The van der Waals surface area contributed by atoms with Crippen LogP contribution in [-0.2, 0) is 24.3 Å². The first-order valence-corrected chi connectivity index (χ1v) is 10.5. The summed E-state index contributed by atoms with van der Waals surface area (Å²) in [5.41, 5.74) is 0. The van der Waals surface area contributed by atoms with E-state index >= 15 is 0 Å². The number of hydrogen-bond acceptors (Lipinski definition) is 7. The summed E-state index contributed by atoms with van der Waals surface area (Å²) < 4.78 is 42.1. The fourth-order valence-corrected chi connectivity index (χ4v) is 4.54. The lowest BCUT2D eigenvalue weighted by atomic mass is 10.1. The van der Waals surface area contributed by atoms with Crippen molar-refractivity contribution in [1.29, 1.82) is 0 Å². The van der Waals surface area contributed by atoms with Gasteiger partial charge < -0.3 is 18.8 Å². The van der Waals surface area contributed by atoms with Crippen LogP contribution in [0.2, 0.25) is 0 Å². The van der Waals surface area contributed by atoms with Gasteiger partial charge in [0.1, 0.15) is 0 Å². The van der Waals surface area contributed by atoms with Gasteiger partial charge in [0.25, 0.3) is 10.0 Å². The van der Waals surface area contributed by atoms with Gasteiger partial charge in [0.15, 0.2) is 0 Å². The van der Waals surface area contributed by atoms with Crippen LogP contribution in [0.15, 0.2) is 21.6 Å². The van der Waals surface area contributed by atoms with Gasteiger partial charge >= 0.3 is 5.97 Å². The zero-order chi connectivity index (χ0) is 19.4. The van der Waals surface area contributed by atoms with Crippen LogP contribution < -0.4 is 0 Å². The van der Waals surface area contributed by atoms with Crippen molar-refractivity contribution in [2.24, 2.45) is 0 Å². The standard InChI is InChI=1S/C17H24N2O7S/c1-2-24-17(21)14-5-6-16(26-14)27(22,23)19-9-7-18(8-10-19)15(20)12-13-4-3-11-25-13/h5-6,13H,2-4,7-12H2,1H3/t13-/m0/s1. The Hall–Kier alpha value is -1.91. The van der Waals surface area contributed by atoms with E-state index in [4.69, 9.17) is 13.9 Å². The number of amides is 1. The highest BCUT2D eigenvalue weighted by atomic mass is 32.2. The van der Waals surface area contributed by atoms with Crippen LogP contribution >= 0.6 is 0 Å². The molecule has 2 fully saturated rings. The molecule has 10 heteroatoms. The number of carbonyl (C=O) groups excluding carboxylic acids is 2. The predicted molar refractivity (Wildman–Crippen MR) is 93.6 cm³/mol. The lowest BCUT2D eigenvalue weighted by Crippen LogP contribution is -2.50. The molecule has 2 aliphatic rings. The van der Waals surface area contributed by atoms with Gasteiger partial charge in [-0.2, -0.15) is 4.31 Å². The van der Waals surface area contributed by atoms with Gasteiger partial charge in [-0.3, -0.25) is 4.79 Å². The molecule has 2 saturated heterocycles. The SMILES string of the molecule is CCOC(=O)c1ccc(S(=O)(=O)N2CCN(C(=O)C[C@@H]3CCCO3)CC2)o1. The van der Waals surface area contributed by atoms with E-state index in [-0.39, 0.29) is 42.6 Å². The molecule has 27 heavy (non-hydrogen) atoms. The number of carbonyl (C=O) groups is 2. The summed E-state index contributed by atoms with van der Waals surface area (Å²) in [6.45, 7) is 3.50. The summed E-state index contributed by atoms with van der Waals surface area (Å²) in [7, 11) is -3.86. The average molecular weight is 400 g/mol. The molecule has 3 heterocycles. The molecule has 0 saturated carbocycles. The van der Waals surface area contributed by atoms with Crippen molar-refractivity contribution in [3.05, 3.63) is 17.9 Å². The largest absolute Gasteiger partial charge is 0.460 e. The van der Waals surface area contributed by atoms with E-state index in [9.17, 15) is 18.0 Å². The van der Waals surface area contributed by atoms with Crippen LogP contribution in [0.3, 0.4) is 0 Å². The third-order valence-corrected chi connectivity index (χ3v) is 6.44. The molecule has 1 atom stereocenters. The first-order chi connectivity index (χ1) is 12.9. The van der Waals surface area contributed by atoms with Crippen LogP contribution in [0, 0.1) is 0 Å². The smallest absolute Gasteiger partial charge is 0.374 e. The number of nitrogens with zero attached hydrogens (tertiary/aromatic N) is 2. The summed E-state index contributed by atoms with van der Waals surface area (Å²) in [5.74, 6) is -0.870. The molecule has 1 amide bonds. The monoisotopic (exact) mass is 400 g/mol. The highest BCUT2D eigenvalue weighted by Gasteiger charge is 2.33. The fourth-order valence-electron chi connectivity index (χ4n) is 3.21. The Bertz CT molecular complexity index is 775. The second kappa shape index (κ2) is 8.41. The van der Waals surface area contributed by atoms with Gasteiger partial charge in [-0.1, -0.05) is 0 Å². The Balaban J connectivity index is 1.58. The molecule has 150 valence electrons. The predicted octanol–water partition coefficient (Wildman–Crippen LogP) is 0.858. The van der Waals surface area contributed by atoms with Crippen molar-refractivity contribution in [2.75, 3.05) is 39.4 Å². The summed E-state index contributed by atoms with van der Waals surface area (Å²) >= 11 is 0. The Kier molecular flexibility index (Phi) is 6.18. The molecule has 0 bridgehead atoms. The zero-order valence-corrected chi connectivity index (χ0v) is 16.1. The van der Waals surface area contributed by atoms with Crippen LogP contribution in [0.5, 0.6) is 0 Å². The Labute approximate surface area is 158 Å². The maximum Gasteiger partial charge on any atom is 0.374 e. The van der Waals surface area contributed by atoms with E-state index in [1.165, 1.54) is 16.4 Å². The third kappa shape index (κ3) is 4.50. The minimum absolute atomic E-state index is 0.0125. The molecular formula is C17H24N2O7S. The van der Waals surface area contributed by atoms with Crippen molar-refractivity contribution < 1.29 is 31.9 Å². The van der Waals surface area contributed by atoms with Gasteiger partial charge in [-0.15, -0.1) is 0 Å². The summed E-state index contributed by atoms with van der Waals surface area (Å²) in [6.07, 6.45) is 2.18. The summed E-state index contributed by atoms with van der Waals surface area (Å²) in [4.78, 5) is 25.6. The number of piperazine rings is 1. The highest BCUT2D eigenvalue weighted by molar-refractivity contribution is 7.89. The van der Waals surface area contributed by atoms with Crippen molar-refractivity contribution in [2.45, 2.75) is 37.4 Å². The van der Waals surface area contributed by atoms with Crippen LogP contribution in [0.1, 0.15) is 36.7 Å². The molecule has 2 aliphatic heterocycles. The Morgan fingerprint density at radius 1 is 1.22 bits per heavy atom. The molecular weight excluding hydrogens is 376 g/mol. The van der Waals surface area contributed by atoms with E-state index in [0.29, 0.717) is 26.1 Å². The number of rotatable bonds is 6. The lowest BCUT2D eigenvalue weighted by molar-refractivity contribution is -0.134. The zero-order valence-electron chi connectivity index (χ0n) is 15.3. The van der Waals surface area contributed by atoms with E-state index in [0.717, 1.165) is 12.8 Å². The van der Waals surface area contributed by atoms with Gasteiger partial charge in [-0.05, 0) is 31.9 Å². The Morgan fingerprint density at radius 2 is 1.96 bits per heavy atom. The molecule has 9 nitrogen and oxygen atoms in total. The van der Waals surface area contributed by atoms with Gasteiger partial charge in [0, 0.05) is 32.8 Å². The molecule has 0 spiro atoms. The molecule has 1 aromatic heterocycles. The molecule has 3 rings (SSSR count). The van der Waals surface area contributed by atoms with E-state index < -0.39 is 16.0 Å². The number of esters is 1. The van der Waals surface area contributed by atoms with Crippen molar-refractivity contribution in [3.8, 4) is 0 Å². The maximum absolute atomic E-state index is 12.7. The fraction of sp³-hybridized carbons (Fsp3) is 0.647. The topological polar surface area (TPSA) is 106 Å². The van der Waals surface area contributed by atoms with E-state index in [2.05, 4.69) is 0 Å². The van der Waals surface area contributed by atoms with Crippen molar-refractivity contribution in [1.82, 2.24) is 9.21 Å². The average Bonchev–Trinajstić information content (AvgIpc) is 3.34. The summed E-state index contributed by atoms with van der Waals surface area (Å²) in [5, 5.41) is -0.301. The first-order valence-electron chi connectivity index (χ1n) is 9.08. The van der Waals surface area contributed by atoms with Gasteiger partial charge in [0.2, 0.25) is 16.8 Å². The first kappa shape index (κ1) is 19.8. The van der Waals surface area contributed by atoms with E-state index in [1.54, 1.807) is 11.8 Å². The normalized spacial score (nSPS) is 21.4. The quantitative estimate of drug-likeness (QED) is 0.652. The number of ether oxygens (including phenoxy) is 2. The minimum atomic E-state index is -3.86. The van der Waals surface area contributed by atoms with Crippen LogP contribution in [0.4, 0.5) is 0 Å². The van der Waals surface area contributed by atoms with Crippen molar-refractivity contribution >= 4 is 21.9 Å².